The minimum atomic E-state index is 0.361. The fourth-order valence-corrected chi connectivity index (χ4v) is 7.06. The minimum absolute atomic E-state index is 0.361. The zero-order valence-electron chi connectivity index (χ0n) is 19.2. The molecule has 4 aromatic carbocycles. The van der Waals surface area contributed by atoms with Gasteiger partial charge < -0.3 is 0 Å². The van der Waals surface area contributed by atoms with Crippen LogP contribution in [0.25, 0.3) is 0 Å². The lowest BCUT2D eigenvalue weighted by Gasteiger charge is -2.50. The Kier molecular flexibility index (Phi) is 3.59. The number of benzene rings is 4. The molecule has 0 saturated carbocycles. The molecule has 0 heterocycles. The van der Waals surface area contributed by atoms with E-state index in [1.807, 2.05) is 0 Å². The SMILES string of the molecule is Cc1cc2c(cc1C)[C@@H]1c3ccccc3[C@H]2[C@@H]2c3ccccc3[C@H]1c1cc(C)c(C)cc12. The molecule has 4 atom stereocenters. The maximum atomic E-state index is 2.52. The Labute approximate surface area is 191 Å². The molecule has 0 spiro atoms. The van der Waals surface area contributed by atoms with Crippen LogP contribution < -0.4 is 0 Å². The quantitative estimate of drug-likeness (QED) is 0.276. The molecule has 4 aromatic rings. The summed E-state index contributed by atoms with van der Waals surface area (Å²) in [6.07, 6.45) is 0. The molecule has 0 amide bonds. The maximum Gasteiger partial charge on any atom is 0.0205 e. The maximum absolute atomic E-state index is 2.52. The lowest BCUT2D eigenvalue weighted by Crippen LogP contribution is -2.36. The van der Waals surface area contributed by atoms with E-state index in [1.165, 1.54) is 22.3 Å². The molecule has 0 unspecified atom stereocenters. The highest BCUT2D eigenvalue weighted by atomic mass is 14.5. The molecule has 0 N–H and O–H groups in total. The first-order valence-corrected chi connectivity index (χ1v) is 11.9. The monoisotopic (exact) mass is 412 g/mol. The zero-order valence-corrected chi connectivity index (χ0v) is 19.2. The summed E-state index contributed by atoms with van der Waals surface area (Å²) in [5.41, 5.74) is 18.1. The molecule has 0 nitrogen and oxygen atoms in total. The summed E-state index contributed by atoms with van der Waals surface area (Å²) >= 11 is 0. The molecule has 0 saturated heterocycles. The average molecular weight is 413 g/mol. The molecule has 0 aliphatic heterocycles. The van der Waals surface area contributed by atoms with E-state index in [4.69, 9.17) is 0 Å². The van der Waals surface area contributed by atoms with Crippen LogP contribution in [0.15, 0.2) is 72.8 Å². The standard InChI is InChI=1S/C32H28/c1-17-13-25-26(14-18(17)2)30-22-10-6-5-9-21(22)29(25)31-23-11-7-8-12-24(23)32(30)28-16-20(4)19(3)15-27(28)31/h5-16,29-32H,1-4H3/t29-,30+,31-,32+. The molecule has 4 bridgehead atoms. The smallest absolute Gasteiger partial charge is 0.0205 e. The van der Waals surface area contributed by atoms with E-state index in [0.717, 1.165) is 0 Å². The first-order chi connectivity index (χ1) is 15.5. The fourth-order valence-electron chi connectivity index (χ4n) is 7.06. The molecule has 10 rings (SSSR count). The van der Waals surface area contributed by atoms with Gasteiger partial charge in [-0.05, 0) is 94.5 Å². The van der Waals surface area contributed by atoms with Gasteiger partial charge in [-0.3, -0.25) is 0 Å². The van der Waals surface area contributed by atoms with Crippen molar-refractivity contribution >= 4 is 0 Å². The second kappa shape index (κ2) is 6.23. The van der Waals surface area contributed by atoms with Crippen molar-refractivity contribution < 1.29 is 0 Å². The van der Waals surface area contributed by atoms with Crippen molar-refractivity contribution in [2.75, 3.05) is 0 Å². The second-order valence-corrected chi connectivity index (χ2v) is 10.3. The van der Waals surface area contributed by atoms with Crippen LogP contribution in [0.3, 0.4) is 0 Å². The highest BCUT2D eigenvalue weighted by molar-refractivity contribution is 5.69. The molecule has 0 heteroatoms. The van der Waals surface area contributed by atoms with Crippen LogP contribution in [0.5, 0.6) is 0 Å². The van der Waals surface area contributed by atoms with Gasteiger partial charge in [-0.15, -0.1) is 0 Å². The average Bonchev–Trinajstić information content (AvgIpc) is 2.78. The van der Waals surface area contributed by atoms with Crippen LogP contribution in [0.1, 0.15) is 90.4 Å². The van der Waals surface area contributed by atoms with Gasteiger partial charge in [0, 0.05) is 23.7 Å². The predicted octanol–water partition coefficient (Wildman–Crippen LogP) is 7.79. The van der Waals surface area contributed by atoms with E-state index in [0.29, 0.717) is 23.7 Å². The van der Waals surface area contributed by atoms with Crippen LogP contribution in [-0.4, -0.2) is 0 Å². The van der Waals surface area contributed by atoms with Crippen LogP contribution in [0, 0.1) is 27.7 Å². The van der Waals surface area contributed by atoms with Crippen LogP contribution in [0.4, 0.5) is 0 Å². The van der Waals surface area contributed by atoms with Crippen molar-refractivity contribution in [1.82, 2.24) is 0 Å². The summed E-state index contributed by atoms with van der Waals surface area (Å²) in [6.45, 7) is 9.12. The lowest BCUT2D eigenvalue weighted by molar-refractivity contribution is 0.528. The molecule has 156 valence electrons. The topological polar surface area (TPSA) is 0 Å². The molecule has 0 aromatic heterocycles. The number of aryl methyl sites for hydroxylation is 4. The Bertz CT molecular complexity index is 1220. The lowest BCUT2D eigenvalue weighted by atomic mass is 9.52. The Morgan fingerprint density at radius 1 is 0.344 bits per heavy atom. The Balaban J connectivity index is 1.68. The first kappa shape index (κ1) is 18.5. The highest BCUT2D eigenvalue weighted by Gasteiger charge is 2.49. The van der Waals surface area contributed by atoms with Crippen molar-refractivity contribution in [1.29, 1.82) is 0 Å². The van der Waals surface area contributed by atoms with Crippen LogP contribution >= 0.6 is 0 Å². The molecule has 32 heavy (non-hydrogen) atoms. The normalized spacial score (nSPS) is 23.6. The Hall–Kier alpha value is -3.12. The van der Waals surface area contributed by atoms with E-state index >= 15 is 0 Å². The number of hydrogen-bond acceptors (Lipinski definition) is 0. The van der Waals surface area contributed by atoms with E-state index in [1.54, 1.807) is 44.5 Å². The van der Waals surface area contributed by atoms with Crippen LogP contribution in [-0.2, 0) is 0 Å². The van der Waals surface area contributed by atoms with E-state index in [-0.39, 0.29) is 0 Å². The van der Waals surface area contributed by atoms with Gasteiger partial charge in [-0.25, -0.2) is 0 Å². The molecule has 6 aliphatic carbocycles. The van der Waals surface area contributed by atoms with Crippen LogP contribution in [0.2, 0.25) is 0 Å². The van der Waals surface area contributed by atoms with Gasteiger partial charge in [-0.2, -0.15) is 0 Å². The summed E-state index contributed by atoms with van der Waals surface area (Å²) in [4.78, 5) is 0. The highest BCUT2D eigenvalue weighted by Crippen LogP contribution is 2.64. The van der Waals surface area contributed by atoms with Crippen molar-refractivity contribution in [2.24, 2.45) is 0 Å². The van der Waals surface area contributed by atoms with Gasteiger partial charge in [0.05, 0.1) is 0 Å². The third-order valence-electron chi connectivity index (χ3n) is 8.74. The fraction of sp³-hybridized carbons (Fsp3) is 0.250. The summed E-state index contributed by atoms with van der Waals surface area (Å²) in [5.74, 6) is 1.44. The number of hydrogen-bond donors (Lipinski definition) is 0. The summed E-state index contributed by atoms with van der Waals surface area (Å²) in [7, 11) is 0. The Morgan fingerprint density at radius 2 is 0.562 bits per heavy atom. The van der Waals surface area contributed by atoms with Gasteiger partial charge in [-0.1, -0.05) is 72.8 Å². The van der Waals surface area contributed by atoms with Gasteiger partial charge in [0.1, 0.15) is 0 Å². The second-order valence-electron chi connectivity index (χ2n) is 10.3. The largest absolute Gasteiger partial charge is 0.0620 e. The van der Waals surface area contributed by atoms with Crippen molar-refractivity contribution in [2.45, 2.75) is 51.4 Å². The van der Waals surface area contributed by atoms with E-state index in [9.17, 15) is 0 Å². The molecular formula is C32H28. The van der Waals surface area contributed by atoms with Crippen molar-refractivity contribution in [3.05, 3.63) is 140 Å². The van der Waals surface area contributed by atoms with Crippen molar-refractivity contribution in [3.8, 4) is 0 Å². The molecule has 6 aliphatic rings. The van der Waals surface area contributed by atoms with Gasteiger partial charge >= 0.3 is 0 Å². The minimum Gasteiger partial charge on any atom is -0.0620 e. The Morgan fingerprint density at radius 3 is 0.781 bits per heavy atom. The molecule has 0 fully saturated rings. The van der Waals surface area contributed by atoms with Gasteiger partial charge in [0.25, 0.3) is 0 Å². The third kappa shape index (κ3) is 2.18. The van der Waals surface area contributed by atoms with Gasteiger partial charge in [0.2, 0.25) is 0 Å². The van der Waals surface area contributed by atoms with Crippen molar-refractivity contribution in [3.63, 3.8) is 0 Å². The van der Waals surface area contributed by atoms with E-state index < -0.39 is 0 Å². The molecular weight excluding hydrogens is 384 g/mol. The third-order valence-corrected chi connectivity index (χ3v) is 8.74. The van der Waals surface area contributed by atoms with E-state index in [2.05, 4.69) is 100 Å². The molecule has 0 radical (unpaired) electrons. The summed E-state index contributed by atoms with van der Waals surface area (Å²) < 4.78 is 0. The van der Waals surface area contributed by atoms with Gasteiger partial charge in [0.15, 0.2) is 0 Å². The predicted molar refractivity (Wildman–Crippen MR) is 132 cm³/mol. The zero-order chi connectivity index (χ0) is 21.7. The first-order valence-electron chi connectivity index (χ1n) is 11.9. The number of rotatable bonds is 0. The summed E-state index contributed by atoms with van der Waals surface area (Å²) in [6, 6.07) is 28.7. The summed E-state index contributed by atoms with van der Waals surface area (Å²) in [5, 5.41) is 0.